The summed E-state index contributed by atoms with van der Waals surface area (Å²) < 4.78 is 11.0. The van der Waals surface area contributed by atoms with Gasteiger partial charge < -0.3 is 9.15 Å². The van der Waals surface area contributed by atoms with E-state index in [1.807, 2.05) is 11.4 Å². The smallest absolute Gasteiger partial charge is 0.361 e. The number of esters is 1. The second-order valence-electron chi connectivity index (χ2n) is 2.85. The molecule has 0 saturated carbocycles. The second kappa shape index (κ2) is 4.80. The van der Waals surface area contributed by atoms with Crippen molar-refractivity contribution in [1.82, 2.24) is 4.98 Å². The fraction of sp³-hybridized carbons (Fsp3) is 0.200. The molecule has 2 aromatic rings. The first-order chi connectivity index (χ1) is 7.74. The maximum absolute atomic E-state index is 11.6. The van der Waals surface area contributed by atoms with Gasteiger partial charge in [-0.3, -0.25) is 0 Å². The van der Waals surface area contributed by atoms with E-state index in [-0.39, 0.29) is 5.69 Å². The molecule has 0 bridgehead atoms. The molecule has 0 N–H and O–H groups in total. The SMILES string of the molecule is CCOC(=O)c1ncoc1-c1sccc1Br. The lowest BCUT2D eigenvalue weighted by molar-refractivity contribution is 0.0520. The molecule has 0 aliphatic rings. The van der Waals surface area contributed by atoms with Gasteiger partial charge in [0.05, 0.1) is 11.5 Å². The summed E-state index contributed by atoms with van der Waals surface area (Å²) in [4.78, 5) is 16.3. The van der Waals surface area contributed by atoms with Crippen LogP contribution in [0.1, 0.15) is 17.4 Å². The minimum absolute atomic E-state index is 0.213. The molecule has 0 atom stereocenters. The number of carbonyl (C=O) groups is 1. The Labute approximate surface area is 104 Å². The molecule has 0 fully saturated rings. The van der Waals surface area contributed by atoms with E-state index in [1.165, 1.54) is 17.7 Å². The van der Waals surface area contributed by atoms with E-state index in [9.17, 15) is 4.79 Å². The maximum atomic E-state index is 11.6. The van der Waals surface area contributed by atoms with Gasteiger partial charge in [0.2, 0.25) is 0 Å². The first kappa shape index (κ1) is 11.3. The van der Waals surface area contributed by atoms with Gasteiger partial charge in [0.1, 0.15) is 0 Å². The van der Waals surface area contributed by atoms with Gasteiger partial charge in [-0.25, -0.2) is 9.78 Å². The number of aromatic nitrogens is 1. The van der Waals surface area contributed by atoms with Crippen LogP contribution in [-0.2, 0) is 4.74 Å². The Morgan fingerprint density at radius 3 is 3.12 bits per heavy atom. The number of ether oxygens (including phenoxy) is 1. The van der Waals surface area contributed by atoms with Crippen LogP contribution >= 0.6 is 27.3 Å². The Morgan fingerprint density at radius 2 is 2.50 bits per heavy atom. The van der Waals surface area contributed by atoms with Crippen LogP contribution in [0.4, 0.5) is 0 Å². The quantitative estimate of drug-likeness (QED) is 0.816. The zero-order valence-electron chi connectivity index (χ0n) is 8.40. The Balaban J connectivity index is 2.40. The van der Waals surface area contributed by atoms with Gasteiger partial charge in [0.15, 0.2) is 17.8 Å². The standard InChI is InChI=1S/C10H8BrNO3S/c1-2-14-10(13)7-8(15-5-12-7)9-6(11)3-4-16-9/h3-5H,2H2,1H3. The minimum atomic E-state index is -0.466. The van der Waals surface area contributed by atoms with Gasteiger partial charge >= 0.3 is 5.97 Å². The first-order valence-electron chi connectivity index (χ1n) is 4.58. The van der Waals surface area contributed by atoms with Crippen LogP contribution in [0, 0.1) is 0 Å². The highest BCUT2D eigenvalue weighted by Crippen LogP contribution is 2.35. The van der Waals surface area contributed by atoms with Crippen molar-refractivity contribution in [2.45, 2.75) is 6.92 Å². The van der Waals surface area contributed by atoms with Crippen molar-refractivity contribution in [3.05, 3.63) is 28.0 Å². The predicted octanol–water partition coefficient (Wildman–Crippen LogP) is 3.34. The molecule has 4 nitrogen and oxygen atoms in total. The van der Waals surface area contributed by atoms with Crippen LogP contribution in [0.2, 0.25) is 0 Å². The molecule has 0 unspecified atom stereocenters. The van der Waals surface area contributed by atoms with Crippen LogP contribution in [-0.4, -0.2) is 17.6 Å². The molecule has 6 heteroatoms. The van der Waals surface area contributed by atoms with Gasteiger partial charge in [-0.2, -0.15) is 0 Å². The maximum Gasteiger partial charge on any atom is 0.361 e. The highest BCUT2D eigenvalue weighted by molar-refractivity contribution is 9.10. The van der Waals surface area contributed by atoms with E-state index in [1.54, 1.807) is 6.92 Å². The summed E-state index contributed by atoms with van der Waals surface area (Å²) in [6.07, 6.45) is 1.24. The van der Waals surface area contributed by atoms with E-state index in [0.717, 1.165) is 9.35 Å². The number of thiophene rings is 1. The van der Waals surface area contributed by atoms with Crippen LogP contribution in [0.25, 0.3) is 10.6 Å². The van der Waals surface area contributed by atoms with Crippen LogP contribution < -0.4 is 0 Å². The number of carbonyl (C=O) groups excluding carboxylic acids is 1. The molecule has 0 radical (unpaired) electrons. The van der Waals surface area contributed by atoms with E-state index in [4.69, 9.17) is 9.15 Å². The van der Waals surface area contributed by atoms with Crippen LogP contribution in [0.3, 0.4) is 0 Å². The molecule has 0 amide bonds. The van der Waals surface area contributed by atoms with Gasteiger partial charge in [-0.05, 0) is 34.3 Å². The first-order valence-corrected chi connectivity index (χ1v) is 6.25. The summed E-state index contributed by atoms with van der Waals surface area (Å²) in [5, 5.41) is 1.90. The second-order valence-corrected chi connectivity index (χ2v) is 4.62. The van der Waals surface area contributed by atoms with E-state index < -0.39 is 5.97 Å². The topological polar surface area (TPSA) is 52.3 Å². The molecule has 2 heterocycles. The van der Waals surface area contributed by atoms with Crippen molar-refractivity contribution in [1.29, 1.82) is 0 Å². The lowest BCUT2D eigenvalue weighted by Gasteiger charge is -1.99. The van der Waals surface area contributed by atoms with Gasteiger partial charge in [-0.15, -0.1) is 11.3 Å². The Bertz CT molecular complexity index is 506. The summed E-state index contributed by atoms with van der Waals surface area (Å²) >= 11 is 4.85. The normalized spacial score (nSPS) is 10.4. The molecule has 2 aromatic heterocycles. The Hall–Kier alpha value is -1.14. The van der Waals surface area contributed by atoms with E-state index >= 15 is 0 Å². The number of oxazole rings is 1. The zero-order chi connectivity index (χ0) is 11.5. The molecule has 0 aromatic carbocycles. The predicted molar refractivity (Wildman–Crippen MR) is 63.5 cm³/mol. The number of rotatable bonds is 3. The molecule has 84 valence electrons. The monoisotopic (exact) mass is 301 g/mol. The highest BCUT2D eigenvalue weighted by Gasteiger charge is 2.21. The van der Waals surface area contributed by atoms with Gasteiger partial charge in [0.25, 0.3) is 0 Å². The van der Waals surface area contributed by atoms with Crippen molar-refractivity contribution >= 4 is 33.2 Å². The molecule has 0 saturated heterocycles. The average Bonchev–Trinajstić information content (AvgIpc) is 2.85. The summed E-state index contributed by atoms with van der Waals surface area (Å²) in [6.45, 7) is 2.06. The number of hydrogen-bond acceptors (Lipinski definition) is 5. The van der Waals surface area contributed by atoms with Crippen molar-refractivity contribution in [2.75, 3.05) is 6.61 Å². The molecule has 16 heavy (non-hydrogen) atoms. The summed E-state index contributed by atoms with van der Waals surface area (Å²) in [5.41, 5.74) is 0.213. The summed E-state index contributed by atoms with van der Waals surface area (Å²) in [5.74, 6) is -0.0214. The molecule has 2 rings (SSSR count). The summed E-state index contributed by atoms with van der Waals surface area (Å²) in [6, 6.07) is 1.89. The van der Waals surface area contributed by atoms with Crippen molar-refractivity contribution in [2.24, 2.45) is 0 Å². The third-order valence-electron chi connectivity index (χ3n) is 1.86. The van der Waals surface area contributed by atoms with E-state index in [2.05, 4.69) is 20.9 Å². The molecule has 0 aliphatic heterocycles. The average molecular weight is 302 g/mol. The molecular weight excluding hydrogens is 294 g/mol. The molecule has 0 aliphatic carbocycles. The lowest BCUT2D eigenvalue weighted by Crippen LogP contribution is -2.06. The highest BCUT2D eigenvalue weighted by atomic mass is 79.9. The third kappa shape index (κ3) is 2.03. The van der Waals surface area contributed by atoms with Gasteiger partial charge in [-0.1, -0.05) is 0 Å². The number of halogens is 1. The number of hydrogen-bond donors (Lipinski definition) is 0. The van der Waals surface area contributed by atoms with Crippen molar-refractivity contribution in [3.8, 4) is 10.6 Å². The molecular formula is C10H8BrNO3S. The molecule has 0 spiro atoms. The van der Waals surface area contributed by atoms with Crippen LogP contribution in [0.5, 0.6) is 0 Å². The van der Waals surface area contributed by atoms with Crippen molar-refractivity contribution in [3.63, 3.8) is 0 Å². The van der Waals surface area contributed by atoms with Gasteiger partial charge in [0, 0.05) is 4.47 Å². The summed E-state index contributed by atoms with van der Waals surface area (Å²) in [7, 11) is 0. The Kier molecular flexibility index (Phi) is 3.40. The largest absolute Gasteiger partial charge is 0.461 e. The third-order valence-corrected chi connectivity index (χ3v) is 3.70. The van der Waals surface area contributed by atoms with E-state index in [0.29, 0.717) is 12.4 Å². The lowest BCUT2D eigenvalue weighted by atomic mass is 10.3. The Morgan fingerprint density at radius 1 is 1.69 bits per heavy atom. The fourth-order valence-electron chi connectivity index (χ4n) is 1.21. The van der Waals surface area contributed by atoms with Crippen LogP contribution in [0.15, 0.2) is 26.7 Å². The zero-order valence-corrected chi connectivity index (χ0v) is 10.8. The number of nitrogens with zero attached hydrogens (tertiary/aromatic N) is 1. The van der Waals surface area contributed by atoms with Crippen molar-refractivity contribution < 1.29 is 13.9 Å². The fourth-order valence-corrected chi connectivity index (χ4v) is 2.75. The minimum Gasteiger partial charge on any atom is -0.461 e.